The molecule has 0 aliphatic rings. The third-order valence-electron chi connectivity index (χ3n) is 2.35. The lowest BCUT2D eigenvalue weighted by atomic mass is 10.1. The average molecular weight is 232 g/mol. The van der Waals surface area contributed by atoms with E-state index in [1.807, 2.05) is 18.2 Å². The van der Waals surface area contributed by atoms with Crippen LogP contribution in [0.5, 0.6) is 0 Å². The summed E-state index contributed by atoms with van der Waals surface area (Å²) in [6, 6.07) is 10.2. The highest BCUT2D eigenvalue weighted by molar-refractivity contribution is 7.07. The third-order valence-corrected chi connectivity index (χ3v) is 3.05. The maximum absolute atomic E-state index is 11.6. The molecule has 16 heavy (non-hydrogen) atoms. The maximum atomic E-state index is 11.6. The molecule has 0 aliphatic heterocycles. The molecule has 2 rings (SSSR count). The second-order valence-electron chi connectivity index (χ2n) is 3.54. The number of hydrogen-bond acceptors (Lipinski definition) is 4. The summed E-state index contributed by atoms with van der Waals surface area (Å²) in [6.45, 7) is 0. The van der Waals surface area contributed by atoms with Gasteiger partial charge in [-0.05, 0) is 29.9 Å². The minimum absolute atomic E-state index is 0.144. The lowest BCUT2D eigenvalue weighted by Gasteiger charge is -1.99. The first-order chi connectivity index (χ1) is 7.86. The van der Waals surface area contributed by atoms with Crippen molar-refractivity contribution in [2.24, 2.45) is 0 Å². The first-order valence-electron chi connectivity index (χ1n) is 5.21. The summed E-state index contributed by atoms with van der Waals surface area (Å²) in [5.41, 5.74) is 1.28. The van der Waals surface area contributed by atoms with Crippen LogP contribution in [-0.4, -0.2) is 15.4 Å². The second kappa shape index (κ2) is 5.51. The Morgan fingerprint density at radius 3 is 2.75 bits per heavy atom. The Labute approximate surface area is 98.3 Å². The van der Waals surface area contributed by atoms with E-state index < -0.39 is 0 Å². The van der Waals surface area contributed by atoms with Gasteiger partial charge in [-0.25, -0.2) is 0 Å². The Morgan fingerprint density at radius 1 is 1.25 bits per heavy atom. The lowest BCUT2D eigenvalue weighted by Crippen LogP contribution is -1.97. The highest BCUT2D eigenvalue weighted by Crippen LogP contribution is 2.10. The molecule has 1 heterocycles. The first-order valence-corrected chi connectivity index (χ1v) is 5.98. The number of hydrogen-bond donors (Lipinski definition) is 0. The van der Waals surface area contributed by atoms with Crippen molar-refractivity contribution in [2.45, 2.75) is 19.3 Å². The van der Waals surface area contributed by atoms with Gasteiger partial charge in [-0.1, -0.05) is 34.8 Å². The van der Waals surface area contributed by atoms with Gasteiger partial charge in [-0.15, -0.1) is 5.10 Å². The number of rotatable bonds is 5. The topological polar surface area (TPSA) is 42.9 Å². The standard InChI is InChI=1S/C12H12N2OS/c15-11(12-9-13-14-16-12)8-4-7-10-5-2-1-3-6-10/h1-3,5-6,9H,4,7-8H2. The Morgan fingerprint density at radius 2 is 2.06 bits per heavy atom. The number of Topliss-reactive ketones (excluding diaryl/α,β-unsaturated/α-hetero) is 1. The minimum atomic E-state index is 0.144. The van der Waals surface area contributed by atoms with E-state index in [1.165, 1.54) is 23.3 Å². The van der Waals surface area contributed by atoms with Crippen LogP contribution in [-0.2, 0) is 6.42 Å². The van der Waals surface area contributed by atoms with Gasteiger partial charge in [0.05, 0.1) is 6.20 Å². The predicted octanol–water partition coefficient (Wildman–Crippen LogP) is 2.74. The molecule has 0 unspecified atom stereocenters. The Kier molecular flexibility index (Phi) is 3.77. The van der Waals surface area contributed by atoms with Crippen LogP contribution in [0.1, 0.15) is 28.1 Å². The molecule has 0 radical (unpaired) electrons. The van der Waals surface area contributed by atoms with E-state index in [9.17, 15) is 4.79 Å². The Bertz CT molecular complexity index is 439. The summed E-state index contributed by atoms with van der Waals surface area (Å²) in [7, 11) is 0. The predicted molar refractivity (Wildman–Crippen MR) is 63.6 cm³/mol. The van der Waals surface area contributed by atoms with E-state index in [2.05, 4.69) is 21.7 Å². The zero-order valence-corrected chi connectivity index (χ0v) is 9.61. The second-order valence-corrected chi connectivity index (χ2v) is 4.33. The number of carbonyl (C=O) groups excluding carboxylic acids is 1. The molecule has 3 nitrogen and oxygen atoms in total. The normalized spacial score (nSPS) is 10.2. The van der Waals surface area contributed by atoms with Gasteiger partial charge < -0.3 is 0 Å². The van der Waals surface area contributed by atoms with Gasteiger partial charge >= 0.3 is 0 Å². The smallest absolute Gasteiger partial charge is 0.176 e. The summed E-state index contributed by atoms with van der Waals surface area (Å²) in [5.74, 6) is 0.144. The highest BCUT2D eigenvalue weighted by Gasteiger charge is 2.07. The molecule has 0 saturated carbocycles. The zero-order chi connectivity index (χ0) is 11.2. The molecule has 0 atom stereocenters. The largest absolute Gasteiger partial charge is 0.293 e. The summed E-state index contributed by atoms with van der Waals surface area (Å²) in [4.78, 5) is 12.3. The number of aromatic nitrogens is 2. The zero-order valence-electron chi connectivity index (χ0n) is 8.80. The van der Waals surface area contributed by atoms with Crippen molar-refractivity contribution in [2.75, 3.05) is 0 Å². The van der Waals surface area contributed by atoms with E-state index in [-0.39, 0.29) is 5.78 Å². The number of aryl methyl sites for hydroxylation is 1. The molecule has 2 aromatic rings. The molecule has 0 fully saturated rings. The Hall–Kier alpha value is -1.55. The minimum Gasteiger partial charge on any atom is -0.293 e. The number of nitrogens with zero attached hydrogens (tertiary/aromatic N) is 2. The molecule has 0 amide bonds. The summed E-state index contributed by atoms with van der Waals surface area (Å²) in [5, 5.41) is 3.66. The van der Waals surface area contributed by atoms with Gasteiger partial charge in [0.15, 0.2) is 5.78 Å². The lowest BCUT2D eigenvalue weighted by molar-refractivity contribution is 0.0984. The molecule has 0 saturated heterocycles. The van der Waals surface area contributed by atoms with Crippen molar-refractivity contribution >= 4 is 17.3 Å². The van der Waals surface area contributed by atoms with Crippen LogP contribution in [0.3, 0.4) is 0 Å². The molecule has 1 aromatic carbocycles. The fourth-order valence-electron chi connectivity index (χ4n) is 1.51. The van der Waals surface area contributed by atoms with Gasteiger partial charge in [0.2, 0.25) is 0 Å². The molecule has 0 bridgehead atoms. The van der Waals surface area contributed by atoms with E-state index in [1.54, 1.807) is 0 Å². The van der Waals surface area contributed by atoms with Gasteiger partial charge in [0, 0.05) is 6.42 Å². The van der Waals surface area contributed by atoms with E-state index >= 15 is 0 Å². The average Bonchev–Trinajstić information content (AvgIpc) is 2.84. The summed E-state index contributed by atoms with van der Waals surface area (Å²) >= 11 is 1.17. The monoisotopic (exact) mass is 232 g/mol. The third kappa shape index (κ3) is 2.97. The SMILES string of the molecule is O=C(CCCc1ccccc1)c1cnns1. The van der Waals surface area contributed by atoms with Gasteiger partial charge in [0.1, 0.15) is 4.88 Å². The van der Waals surface area contributed by atoms with Crippen molar-refractivity contribution in [3.8, 4) is 0 Å². The molecule has 0 spiro atoms. The van der Waals surface area contributed by atoms with Crippen molar-refractivity contribution in [3.63, 3.8) is 0 Å². The van der Waals surface area contributed by atoms with Gasteiger partial charge in [0.25, 0.3) is 0 Å². The van der Waals surface area contributed by atoms with Crippen LogP contribution < -0.4 is 0 Å². The number of benzene rings is 1. The van der Waals surface area contributed by atoms with Crippen LogP contribution >= 0.6 is 11.5 Å². The van der Waals surface area contributed by atoms with Crippen molar-refractivity contribution in [1.29, 1.82) is 0 Å². The molecule has 0 N–H and O–H groups in total. The van der Waals surface area contributed by atoms with Crippen molar-refractivity contribution in [3.05, 3.63) is 47.0 Å². The summed E-state index contributed by atoms with van der Waals surface area (Å²) < 4.78 is 3.68. The van der Waals surface area contributed by atoms with Crippen LogP contribution in [0.25, 0.3) is 0 Å². The van der Waals surface area contributed by atoms with Crippen molar-refractivity contribution < 1.29 is 4.79 Å². The van der Waals surface area contributed by atoms with E-state index in [0.29, 0.717) is 11.3 Å². The van der Waals surface area contributed by atoms with Crippen LogP contribution in [0.4, 0.5) is 0 Å². The van der Waals surface area contributed by atoms with Crippen LogP contribution in [0.2, 0.25) is 0 Å². The van der Waals surface area contributed by atoms with E-state index in [4.69, 9.17) is 0 Å². The summed E-state index contributed by atoms with van der Waals surface area (Å²) in [6.07, 6.45) is 3.92. The van der Waals surface area contributed by atoms with Gasteiger partial charge in [-0.3, -0.25) is 4.79 Å². The van der Waals surface area contributed by atoms with Gasteiger partial charge in [-0.2, -0.15) is 0 Å². The van der Waals surface area contributed by atoms with Crippen LogP contribution in [0, 0.1) is 0 Å². The quantitative estimate of drug-likeness (QED) is 0.744. The molecule has 82 valence electrons. The fourth-order valence-corrected chi connectivity index (χ4v) is 1.99. The maximum Gasteiger partial charge on any atom is 0.176 e. The molecule has 0 aliphatic carbocycles. The molecule has 4 heteroatoms. The van der Waals surface area contributed by atoms with E-state index in [0.717, 1.165) is 12.8 Å². The fraction of sp³-hybridized carbons (Fsp3) is 0.250. The molecular formula is C12H12N2OS. The number of carbonyl (C=O) groups is 1. The number of ketones is 1. The highest BCUT2D eigenvalue weighted by atomic mass is 32.1. The van der Waals surface area contributed by atoms with Crippen molar-refractivity contribution in [1.82, 2.24) is 9.59 Å². The molecular weight excluding hydrogens is 220 g/mol. The van der Waals surface area contributed by atoms with Crippen LogP contribution in [0.15, 0.2) is 36.5 Å². The first kappa shape index (κ1) is 11.0. The Balaban J connectivity index is 1.79. The molecule has 1 aromatic heterocycles.